The fourth-order valence-electron chi connectivity index (χ4n) is 1.81. The van der Waals surface area contributed by atoms with Crippen molar-refractivity contribution in [3.8, 4) is 5.88 Å². The van der Waals surface area contributed by atoms with Crippen molar-refractivity contribution in [2.45, 2.75) is 12.7 Å². The van der Waals surface area contributed by atoms with Crippen molar-refractivity contribution in [1.82, 2.24) is 14.9 Å². The zero-order valence-corrected chi connectivity index (χ0v) is 12.6. The molecule has 1 N–H and O–H groups in total. The Balaban J connectivity index is 2.04. The lowest BCUT2D eigenvalue weighted by Crippen LogP contribution is -2.26. The van der Waals surface area contributed by atoms with Gasteiger partial charge in [-0.15, -0.1) is 0 Å². The summed E-state index contributed by atoms with van der Waals surface area (Å²) in [7, 11) is 1.55. The first-order valence-electron chi connectivity index (χ1n) is 6.84. The van der Waals surface area contributed by atoms with Crippen LogP contribution in [-0.2, 0) is 13.6 Å². The molecule has 2 heterocycles. The van der Waals surface area contributed by atoms with Gasteiger partial charge in [-0.3, -0.25) is 9.59 Å². The van der Waals surface area contributed by atoms with Crippen molar-refractivity contribution < 1.29 is 22.7 Å². The number of hydrogen-bond acceptors (Lipinski definition) is 4. The highest BCUT2D eigenvalue weighted by atomic mass is 19.4. The average Bonchev–Trinajstić information content (AvgIpc) is 2.53. The van der Waals surface area contributed by atoms with Crippen LogP contribution in [0.25, 0.3) is 0 Å². The third kappa shape index (κ3) is 4.83. The minimum Gasteiger partial charge on any atom is -0.468 e. The van der Waals surface area contributed by atoms with Crippen LogP contribution in [0.2, 0.25) is 0 Å². The molecule has 0 radical (unpaired) electrons. The fourth-order valence-corrected chi connectivity index (χ4v) is 1.81. The molecule has 0 saturated heterocycles. The van der Waals surface area contributed by atoms with E-state index in [0.29, 0.717) is 5.56 Å². The third-order valence-corrected chi connectivity index (χ3v) is 3.03. The number of alkyl halides is 3. The highest BCUT2D eigenvalue weighted by Gasteiger charge is 2.29. The van der Waals surface area contributed by atoms with Crippen LogP contribution in [0.3, 0.4) is 0 Å². The number of pyridine rings is 2. The van der Waals surface area contributed by atoms with E-state index in [0.717, 1.165) is 0 Å². The van der Waals surface area contributed by atoms with Gasteiger partial charge in [-0.2, -0.15) is 13.2 Å². The van der Waals surface area contributed by atoms with Gasteiger partial charge >= 0.3 is 6.18 Å². The summed E-state index contributed by atoms with van der Waals surface area (Å²) in [6.07, 6.45) is -1.75. The maximum Gasteiger partial charge on any atom is 0.422 e. The van der Waals surface area contributed by atoms with E-state index < -0.39 is 18.7 Å². The van der Waals surface area contributed by atoms with Crippen LogP contribution in [0.15, 0.2) is 41.5 Å². The summed E-state index contributed by atoms with van der Waals surface area (Å²) >= 11 is 0. The first-order chi connectivity index (χ1) is 11.3. The van der Waals surface area contributed by atoms with Crippen molar-refractivity contribution in [3.05, 3.63) is 58.1 Å². The molecule has 0 saturated carbocycles. The molecule has 0 aliphatic rings. The summed E-state index contributed by atoms with van der Waals surface area (Å²) in [6, 6.07) is 5.63. The Bertz CT molecular complexity index is 787. The molecular formula is C15H14F3N3O3. The Labute approximate surface area is 134 Å². The molecule has 128 valence electrons. The van der Waals surface area contributed by atoms with Gasteiger partial charge in [0.1, 0.15) is 0 Å². The fraction of sp³-hybridized carbons (Fsp3) is 0.267. The molecule has 0 aromatic carbocycles. The van der Waals surface area contributed by atoms with E-state index >= 15 is 0 Å². The number of aromatic nitrogens is 2. The molecule has 0 fully saturated rings. The molecule has 2 aromatic heterocycles. The Morgan fingerprint density at radius 3 is 2.79 bits per heavy atom. The summed E-state index contributed by atoms with van der Waals surface area (Å²) in [4.78, 5) is 27.2. The second-order valence-electron chi connectivity index (χ2n) is 4.92. The van der Waals surface area contributed by atoms with Crippen LogP contribution < -0.4 is 15.6 Å². The van der Waals surface area contributed by atoms with E-state index in [4.69, 9.17) is 0 Å². The predicted molar refractivity (Wildman–Crippen MR) is 78.6 cm³/mol. The molecule has 0 aliphatic carbocycles. The van der Waals surface area contributed by atoms with Crippen LogP contribution in [0, 0.1) is 0 Å². The van der Waals surface area contributed by atoms with Gasteiger partial charge in [-0.1, -0.05) is 6.07 Å². The predicted octanol–water partition coefficient (Wildman–Crippen LogP) is 1.65. The Hall–Kier alpha value is -2.84. The number of amides is 1. The van der Waals surface area contributed by atoms with E-state index in [1.807, 2.05) is 0 Å². The summed E-state index contributed by atoms with van der Waals surface area (Å²) in [5.74, 6) is -0.738. The number of aryl methyl sites for hydroxylation is 1. The number of rotatable bonds is 5. The lowest BCUT2D eigenvalue weighted by atomic mass is 10.2. The lowest BCUT2D eigenvalue weighted by molar-refractivity contribution is -0.154. The minimum atomic E-state index is -4.48. The van der Waals surface area contributed by atoms with Crippen molar-refractivity contribution in [2.24, 2.45) is 7.05 Å². The second kappa shape index (κ2) is 7.16. The number of nitrogens with one attached hydrogen (secondary N) is 1. The summed E-state index contributed by atoms with van der Waals surface area (Å²) in [5.41, 5.74) is 0.0944. The Morgan fingerprint density at radius 2 is 2.12 bits per heavy atom. The van der Waals surface area contributed by atoms with Crippen LogP contribution in [0.5, 0.6) is 5.88 Å². The standard InChI is InChI=1S/C15H14F3N3O3/c1-21-6-4-10(7-12(21)22)13(23)20-8-11-3-2-5-19-14(11)24-9-15(16,17)18/h2-7H,8-9H2,1H3,(H,20,23). The molecule has 9 heteroatoms. The molecule has 0 atom stereocenters. The minimum absolute atomic E-state index is 0.0882. The van der Waals surface area contributed by atoms with Gasteiger partial charge in [-0.05, 0) is 12.1 Å². The Morgan fingerprint density at radius 1 is 1.38 bits per heavy atom. The highest BCUT2D eigenvalue weighted by Crippen LogP contribution is 2.19. The van der Waals surface area contributed by atoms with Crippen molar-refractivity contribution in [2.75, 3.05) is 6.61 Å². The molecule has 24 heavy (non-hydrogen) atoms. The molecular weight excluding hydrogens is 327 g/mol. The number of halogens is 3. The quantitative estimate of drug-likeness (QED) is 0.898. The zero-order valence-electron chi connectivity index (χ0n) is 12.6. The number of carbonyl (C=O) groups is 1. The molecule has 1 amide bonds. The molecule has 0 bridgehead atoms. The van der Waals surface area contributed by atoms with E-state index in [2.05, 4.69) is 15.0 Å². The van der Waals surface area contributed by atoms with E-state index in [1.54, 1.807) is 7.05 Å². The first-order valence-corrected chi connectivity index (χ1v) is 6.84. The zero-order chi connectivity index (χ0) is 17.7. The van der Waals surface area contributed by atoms with Gasteiger partial charge in [0.25, 0.3) is 11.5 Å². The summed E-state index contributed by atoms with van der Waals surface area (Å²) < 4.78 is 42.6. The second-order valence-corrected chi connectivity index (χ2v) is 4.92. The summed E-state index contributed by atoms with van der Waals surface area (Å²) in [6.45, 7) is -1.56. The van der Waals surface area contributed by atoms with Crippen molar-refractivity contribution in [1.29, 1.82) is 0 Å². The largest absolute Gasteiger partial charge is 0.468 e. The topological polar surface area (TPSA) is 73.2 Å². The summed E-state index contributed by atoms with van der Waals surface area (Å²) in [5, 5.41) is 2.51. The smallest absolute Gasteiger partial charge is 0.422 e. The van der Waals surface area contributed by atoms with Gasteiger partial charge < -0.3 is 14.6 Å². The normalized spacial score (nSPS) is 11.2. The SMILES string of the molecule is Cn1ccc(C(=O)NCc2cccnc2OCC(F)(F)F)cc1=O. The molecule has 0 aliphatic heterocycles. The number of nitrogens with zero attached hydrogens (tertiary/aromatic N) is 2. The van der Waals surface area contributed by atoms with Gasteiger partial charge in [0.15, 0.2) is 6.61 Å². The van der Waals surface area contributed by atoms with Crippen LogP contribution in [-0.4, -0.2) is 28.2 Å². The highest BCUT2D eigenvalue weighted by molar-refractivity contribution is 5.93. The van der Waals surface area contributed by atoms with Gasteiger partial charge in [0, 0.05) is 43.2 Å². The average molecular weight is 341 g/mol. The van der Waals surface area contributed by atoms with Crippen LogP contribution >= 0.6 is 0 Å². The maximum atomic E-state index is 12.2. The van der Waals surface area contributed by atoms with Crippen molar-refractivity contribution in [3.63, 3.8) is 0 Å². The van der Waals surface area contributed by atoms with Crippen LogP contribution in [0.4, 0.5) is 13.2 Å². The van der Waals surface area contributed by atoms with Gasteiger partial charge in [0.05, 0.1) is 0 Å². The third-order valence-electron chi connectivity index (χ3n) is 3.03. The molecule has 2 aromatic rings. The van der Waals surface area contributed by atoms with E-state index in [9.17, 15) is 22.8 Å². The van der Waals surface area contributed by atoms with E-state index in [1.165, 1.54) is 41.2 Å². The van der Waals surface area contributed by atoms with Gasteiger partial charge in [0.2, 0.25) is 5.88 Å². The monoisotopic (exact) mass is 341 g/mol. The van der Waals surface area contributed by atoms with E-state index in [-0.39, 0.29) is 23.5 Å². The van der Waals surface area contributed by atoms with Gasteiger partial charge in [-0.25, -0.2) is 4.98 Å². The van der Waals surface area contributed by atoms with Crippen molar-refractivity contribution >= 4 is 5.91 Å². The molecule has 0 spiro atoms. The molecule has 2 rings (SSSR count). The molecule has 0 unspecified atom stereocenters. The lowest BCUT2D eigenvalue weighted by Gasteiger charge is -2.12. The number of carbonyl (C=O) groups excluding carboxylic acids is 1. The first kappa shape index (κ1) is 17.5. The number of ether oxygens (including phenoxy) is 1. The number of hydrogen-bond donors (Lipinski definition) is 1. The Kier molecular flexibility index (Phi) is 5.22. The molecule has 6 nitrogen and oxygen atoms in total. The maximum absolute atomic E-state index is 12.2. The van der Waals surface area contributed by atoms with Crippen LogP contribution in [0.1, 0.15) is 15.9 Å².